The largest absolute Gasteiger partial charge is 0.444 e. The van der Waals surface area contributed by atoms with Crippen molar-refractivity contribution in [2.75, 3.05) is 18.4 Å². The molecule has 4 rings (SSSR count). The number of anilines is 1. The third kappa shape index (κ3) is 6.13. The number of aromatic nitrogens is 4. The third-order valence-corrected chi connectivity index (χ3v) is 5.87. The van der Waals surface area contributed by atoms with E-state index in [1.54, 1.807) is 18.3 Å². The molecule has 0 spiro atoms. The standard InChI is InChI=1S/C25H29FN6O2S/c1-24(2,3)34-23(33)29-15-25(4,5)14-28-21-27-11-10-18(30-21)20-19(16-6-8-17(26)9-7-16)31-22-32(20)12-13-35-22/h6-13H,14-15H2,1-5H3,(H,29,33)(H,27,28,30). The average molecular weight is 497 g/mol. The van der Waals surface area contributed by atoms with Gasteiger partial charge in [-0.05, 0) is 56.5 Å². The highest BCUT2D eigenvalue weighted by Gasteiger charge is 2.23. The number of hydrogen-bond acceptors (Lipinski definition) is 7. The summed E-state index contributed by atoms with van der Waals surface area (Å²) in [4.78, 5) is 26.7. The van der Waals surface area contributed by atoms with Gasteiger partial charge in [0.2, 0.25) is 5.95 Å². The van der Waals surface area contributed by atoms with Crippen molar-refractivity contribution in [2.45, 2.75) is 40.2 Å². The highest BCUT2D eigenvalue weighted by atomic mass is 32.1. The number of imidazole rings is 1. The van der Waals surface area contributed by atoms with E-state index < -0.39 is 11.7 Å². The van der Waals surface area contributed by atoms with Crippen molar-refractivity contribution in [1.82, 2.24) is 24.7 Å². The van der Waals surface area contributed by atoms with Crippen LogP contribution in [-0.4, -0.2) is 44.1 Å². The monoisotopic (exact) mass is 496 g/mol. The molecule has 3 aromatic heterocycles. The Balaban J connectivity index is 1.52. The van der Waals surface area contributed by atoms with E-state index in [0.29, 0.717) is 24.7 Å². The van der Waals surface area contributed by atoms with E-state index in [-0.39, 0.29) is 11.2 Å². The molecule has 8 nitrogen and oxygen atoms in total. The molecule has 1 aromatic carbocycles. The maximum Gasteiger partial charge on any atom is 0.407 e. The molecule has 1 amide bonds. The number of halogens is 1. The van der Waals surface area contributed by atoms with E-state index in [9.17, 15) is 9.18 Å². The number of carbonyl (C=O) groups is 1. The molecule has 0 unspecified atom stereocenters. The normalized spacial score (nSPS) is 12.1. The number of benzene rings is 1. The number of hydrogen-bond donors (Lipinski definition) is 2. The fraction of sp³-hybridized carbons (Fsp3) is 0.360. The zero-order valence-corrected chi connectivity index (χ0v) is 21.2. The van der Waals surface area contributed by atoms with Gasteiger partial charge in [0.1, 0.15) is 17.1 Å². The number of alkyl carbamates (subject to hydrolysis) is 1. The summed E-state index contributed by atoms with van der Waals surface area (Å²) in [6, 6.07) is 8.10. The second-order valence-corrected chi connectivity index (χ2v) is 10.9. The predicted octanol–water partition coefficient (Wildman–Crippen LogP) is 5.62. The Bertz CT molecular complexity index is 1320. The van der Waals surface area contributed by atoms with E-state index in [0.717, 1.165) is 21.9 Å². The van der Waals surface area contributed by atoms with Crippen LogP contribution in [0.5, 0.6) is 0 Å². The first kappa shape index (κ1) is 24.6. The Morgan fingerprint density at radius 3 is 2.54 bits per heavy atom. The third-order valence-electron chi connectivity index (χ3n) is 5.11. The zero-order chi connectivity index (χ0) is 25.2. The zero-order valence-electron chi connectivity index (χ0n) is 20.4. The molecule has 0 aliphatic rings. The predicted molar refractivity (Wildman–Crippen MR) is 136 cm³/mol. The summed E-state index contributed by atoms with van der Waals surface area (Å²) in [6.07, 6.45) is 3.19. The molecule has 35 heavy (non-hydrogen) atoms. The summed E-state index contributed by atoms with van der Waals surface area (Å²) >= 11 is 1.52. The summed E-state index contributed by atoms with van der Waals surface area (Å²) in [5.41, 5.74) is 2.20. The maximum absolute atomic E-state index is 13.5. The highest BCUT2D eigenvalue weighted by molar-refractivity contribution is 7.15. The van der Waals surface area contributed by atoms with Gasteiger partial charge in [-0.1, -0.05) is 13.8 Å². The SMILES string of the molecule is CC(C)(CNC(=O)OC(C)(C)C)CNc1nccc(-c2c(-c3ccc(F)cc3)nc3sccn23)n1. The topological polar surface area (TPSA) is 93.4 Å². The van der Waals surface area contributed by atoms with Crippen LogP contribution in [0.4, 0.5) is 15.1 Å². The molecule has 184 valence electrons. The van der Waals surface area contributed by atoms with Gasteiger partial charge < -0.3 is 15.4 Å². The number of thiazole rings is 1. The van der Waals surface area contributed by atoms with E-state index in [1.807, 2.05) is 56.7 Å². The maximum atomic E-state index is 13.5. The average Bonchev–Trinajstić information content (AvgIpc) is 3.38. The molecular weight excluding hydrogens is 467 g/mol. The lowest BCUT2D eigenvalue weighted by molar-refractivity contribution is 0.0508. The summed E-state index contributed by atoms with van der Waals surface area (Å²) in [5.74, 6) is 0.164. The van der Waals surface area contributed by atoms with Crippen LogP contribution in [0.15, 0.2) is 48.1 Å². The van der Waals surface area contributed by atoms with Crippen molar-refractivity contribution in [2.24, 2.45) is 5.41 Å². The Hall–Kier alpha value is -3.53. The van der Waals surface area contributed by atoms with E-state index in [2.05, 4.69) is 15.6 Å². The van der Waals surface area contributed by atoms with Gasteiger partial charge in [0, 0.05) is 36.4 Å². The molecular formula is C25H29FN6O2S. The van der Waals surface area contributed by atoms with Crippen molar-refractivity contribution in [3.8, 4) is 22.6 Å². The molecule has 2 N–H and O–H groups in total. The van der Waals surface area contributed by atoms with E-state index >= 15 is 0 Å². The first-order valence-corrected chi connectivity index (χ1v) is 12.1. The number of ether oxygens (including phenoxy) is 1. The van der Waals surface area contributed by atoms with Crippen molar-refractivity contribution >= 4 is 28.3 Å². The summed E-state index contributed by atoms with van der Waals surface area (Å²) < 4.78 is 20.8. The minimum Gasteiger partial charge on any atom is -0.444 e. The van der Waals surface area contributed by atoms with Gasteiger partial charge in [-0.25, -0.2) is 24.1 Å². The lowest BCUT2D eigenvalue weighted by atomic mass is 9.93. The fourth-order valence-electron chi connectivity index (χ4n) is 3.42. The Labute approximate surface area is 207 Å². The second kappa shape index (κ2) is 9.61. The van der Waals surface area contributed by atoms with Crippen LogP contribution in [0.1, 0.15) is 34.6 Å². The van der Waals surface area contributed by atoms with Crippen LogP contribution in [-0.2, 0) is 4.74 Å². The molecule has 0 saturated carbocycles. The highest BCUT2D eigenvalue weighted by Crippen LogP contribution is 2.33. The number of carbonyl (C=O) groups excluding carboxylic acids is 1. The molecule has 0 saturated heterocycles. The van der Waals surface area contributed by atoms with Crippen LogP contribution in [0.2, 0.25) is 0 Å². The molecule has 0 radical (unpaired) electrons. The quantitative estimate of drug-likeness (QED) is 0.345. The van der Waals surface area contributed by atoms with Crippen molar-refractivity contribution < 1.29 is 13.9 Å². The lowest BCUT2D eigenvalue weighted by Gasteiger charge is -2.26. The van der Waals surface area contributed by atoms with Gasteiger partial charge in [0.15, 0.2) is 4.96 Å². The molecule has 0 aliphatic heterocycles. The molecule has 0 fully saturated rings. The van der Waals surface area contributed by atoms with Crippen molar-refractivity contribution in [3.05, 3.63) is 53.9 Å². The summed E-state index contributed by atoms with van der Waals surface area (Å²) in [5, 5.41) is 8.05. The van der Waals surface area contributed by atoms with Crippen LogP contribution in [0.25, 0.3) is 27.6 Å². The molecule has 0 bridgehead atoms. The minimum atomic E-state index is -0.547. The van der Waals surface area contributed by atoms with Crippen LogP contribution in [0.3, 0.4) is 0 Å². The Morgan fingerprint density at radius 1 is 1.09 bits per heavy atom. The fourth-order valence-corrected chi connectivity index (χ4v) is 4.14. The Kier molecular flexibility index (Phi) is 6.75. The van der Waals surface area contributed by atoms with Gasteiger partial charge in [-0.2, -0.15) is 0 Å². The van der Waals surface area contributed by atoms with Crippen molar-refractivity contribution in [1.29, 1.82) is 0 Å². The minimum absolute atomic E-state index is 0.285. The van der Waals surface area contributed by atoms with Gasteiger partial charge in [0.25, 0.3) is 0 Å². The van der Waals surface area contributed by atoms with Gasteiger partial charge in [-0.3, -0.25) is 4.40 Å². The first-order valence-electron chi connectivity index (χ1n) is 11.3. The van der Waals surface area contributed by atoms with Crippen LogP contribution >= 0.6 is 11.3 Å². The summed E-state index contributed by atoms with van der Waals surface area (Å²) in [7, 11) is 0. The first-order chi connectivity index (χ1) is 16.5. The molecule has 10 heteroatoms. The van der Waals surface area contributed by atoms with E-state index in [1.165, 1.54) is 23.5 Å². The lowest BCUT2D eigenvalue weighted by Crippen LogP contribution is -2.40. The molecule has 3 heterocycles. The van der Waals surface area contributed by atoms with Crippen LogP contribution < -0.4 is 10.6 Å². The van der Waals surface area contributed by atoms with Crippen LogP contribution in [0, 0.1) is 11.2 Å². The number of fused-ring (bicyclic) bond motifs is 1. The number of rotatable bonds is 7. The molecule has 0 aliphatic carbocycles. The molecule has 4 aromatic rings. The number of amides is 1. The number of nitrogens with one attached hydrogen (secondary N) is 2. The second-order valence-electron chi connectivity index (χ2n) is 10.0. The van der Waals surface area contributed by atoms with Gasteiger partial charge in [0.05, 0.1) is 11.4 Å². The number of nitrogens with zero attached hydrogens (tertiary/aromatic N) is 4. The van der Waals surface area contributed by atoms with Gasteiger partial charge >= 0.3 is 6.09 Å². The van der Waals surface area contributed by atoms with Gasteiger partial charge in [-0.15, -0.1) is 11.3 Å². The van der Waals surface area contributed by atoms with Crippen molar-refractivity contribution in [3.63, 3.8) is 0 Å². The van der Waals surface area contributed by atoms with E-state index in [4.69, 9.17) is 14.7 Å². The Morgan fingerprint density at radius 2 is 1.83 bits per heavy atom. The molecule has 0 atom stereocenters. The smallest absolute Gasteiger partial charge is 0.407 e. The summed E-state index contributed by atoms with van der Waals surface area (Å²) in [6.45, 7) is 10.5.